The zero-order valence-electron chi connectivity index (χ0n) is 7.30. The van der Waals surface area contributed by atoms with Crippen molar-refractivity contribution in [1.29, 1.82) is 0 Å². The molecule has 0 aliphatic rings. The number of carbonyl (C=O) groups excluding carboxylic acids is 1. The lowest BCUT2D eigenvalue weighted by Gasteiger charge is -2.06. The topological polar surface area (TPSA) is 38.3 Å². The largest absolute Gasteiger partial charge is 0.394 e. The van der Waals surface area contributed by atoms with Crippen molar-refractivity contribution in [3.63, 3.8) is 0 Å². The Morgan fingerprint density at radius 2 is 2.33 bits per heavy atom. The number of carbonyl (C=O) groups is 1. The molecule has 1 aromatic rings. The summed E-state index contributed by atoms with van der Waals surface area (Å²) in [4.78, 5) is 11.0. The summed E-state index contributed by atoms with van der Waals surface area (Å²) in [5.41, 5.74) is -0.0500. The molecule has 0 aliphatic heterocycles. The van der Waals surface area contributed by atoms with Gasteiger partial charge in [-0.25, -0.2) is 4.39 Å². The van der Waals surface area contributed by atoms with E-state index < -0.39 is 24.2 Å². The first-order valence-electron chi connectivity index (χ1n) is 3.78. The molecular weight excluding hydrogens is 292 g/mol. The van der Waals surface area contributed by atoms with Crippen molar-refractivity contribution in [3.8, 4) is 5.75 Å². The van der Waals surface area contributed by atoms with Crippen LogP contribution in [0.1, 0.15) is 0 Å². The molecule has 1 aromatic carbocycles. The molecule has 0 fully saturated rings. The summed E-state index contributed by atoms with van der Waals surface area (Å²) in [6, 6.07) is 4.05. The average Bonchev–Trinajstić information content (AvgIpc) is 2.24. The molecule has 1 N–H and O–H groups in total. The molecule has 0 heterocycles. The van der Waals surface area contributed by atoms with Gasteiger partial charge in [0.25, 0.3) is 12.4 Å². The summed E-state index contributed by atoms with van der Waals surface area (Å²) in [5.74, 6) is -1.48. The molecule has 0 saturated heterocycles. The van der Waals surface area contributed by atoms with Gasteiger partial charge in [0, 0.05) is 0 Å². The predicted octanol–water partition coefficient (Wildman–Crippen LogP) is 3.07. The van der Waals surface area contributed by atoms with Crippen LogP contribution in [0.3, 0.4) is 0 Å². The van der Waals surface area contributed by atoms with Crippen molar-refractivity contribution in [3.05, 3.63) is 24.0 Å². The molecule has 1 amide bonds. The molecule has 15 heavy (non-hydrogen) atoms. The van der Waals surface area contributed by atoms with Crippen molar-refractivity contribution in [2.24, 2.45) is 0 Å². The van der Waals surface area contributed by atoms with Crippen LogP contribution in [-0.2, 0) is 4.79 Å². The van der Waals surface area contributed by atoms with E-state index in [1.807, 2.05) is 0 Å². The Morgan fingerprint density at radius 3 is 2.93 bits per heavy atom. The lowest BCUT2D eigenvalue weighted by atomic mass is 10.3. The summed E-state index contributed by atoms with van der Waals surface area (Å²) in [6.45, 7) is 0. The van der Waals surface area contributed by atoms with E-state index in [4.69, 9.17) is 0 Å². The summed E-state index contributed by atoms with van der Waals surface area (Å²) in [6.07, 6.45) is 0. The second-order valence-corrected chi connectivity index (χ2v) is 3.30. The van der Waals surface area contributed by atoms with E-state index in [9.17, 15) is 13.1 Å². The third-order valence-corrected chi connectivity index (χ3v) is 2.23. The molecule has 3 nitrogen and oxygen atoms in total. The minimum atomic E-state index is -0.808. The van der Waals surface area contributed by atoms with Crippen molar-refractivity contribution >= 4 is 40.0 Å². The van der Waals surface area contributed by atoms with Crippen molar-refractivity contribution in [2.75, 3.05) is 10.6 Å². The monoisotopic (exact) mass is 297 g/mol. The molecule has 0 saturated carbocycles. The fourth-order valence-corrected chi connectivity index (χ4v) is 1.23. The fourth-order valence-electron chi connectivity index (χ4n) is 0.889. The van der Waals surface area contributed by atoms with Gasteiger partial charge < -0.3 is 9.50 Å². The minimum absolute atomic E-state index is 0.0500. The lowest BCUT2D eigenvalue weighted by molar-refractivity contribution is -0.113. The predicted molar refractivity (Wildman–Crippen MR) is 58.2 cm³/mol. The first-order valence-corrected chi connectivity index (χ1v) is 5.55. The summed E-state index contributed by atoms with van der Waals surface area (Å²) in [7, 11) is 0. The van der Waals surface area contributed by atoms with Gasteiger partial charge in [-0.3, -0.25) is 4.79 Å². The summed E-state index contributed by atoms with van der Waals surface area (Å²) < 4.78 is 29.5. The van der Waals surface area contributed by atoms with Crippen LogP contribution in [-0.4, -0.2) is 11.2 Å². The van der Waals surface area contributed by atoms with Gasteiger partial charge in [0.15, 0.2) is 11.6 Å². The molecule has 0 atom stereocenters. The summed E-state index contributed by atoms with van der Waals surface area (Å²) in [5, 5.41) is 2.34. The van der Waals surface area contributed by atoms with Crippen LogP contribution in [0, 0.1) is 5.82 Å². The molecule has 82 valence electrons. The van der Waals surface area contributed by atoms with E-state index in [2.05, 4.69) is 25.4 Å². The first kappa shape index (κ1) is 12.3. The van der Waals surface area contributed by atoms with Gasteiger partial charge in [0.05, 0.1) is 11.0 Å². The third kappa shape index (κ3) is 3.35. The highest BCUT2D eigenvalue weighted by atomic mass is 79.9. The Bertz CT molecular complexity index is 364. The number of benzene rings is 1. The smallest absolute Gasteiger partial charge is 0.272 e. The highest BCUT2D eigenvalue weighted by Gasteiger charge is 2.11. The van der Waals surface area contributed by atoms with Crippen LogP contribution in [0.15, 0.2) is 18.2 Å². The van der Waals surface area contributed by atoms with Gasteiger partial charge in [-0.1, -0.05) is 22.0 Å². The third-order valence-electron chi connectivity index (χ3n) is 1.48. The van der Waals surface area contributed by atoms with E-state index in [-0.39, 0.29) is 16.8 Å². The number of alkyl halides is 1. The highest BCUT2D eigenvalue weighted by Crippen LogP contribution is 2.27. The van der Waals surface area contributed by atoms with Crippen molar-refractivity contribution in [1.82, 2.24) is 0 Å². The van der Waals surface area contributed by atoms with Crippen LogP contribution < -0.4 is 9.50 Å². The molecule has 0 aliphatic carbocycles. The summed E-state index contributed by atoms with van der Waals surface area (Å²) >= 11 is 2.46. The highest BCUT2D eigenvalue weighted by molar-refractivity contribution is 9.09. The standard InChI is InChI=1S/C8H6BrF2NO2S/c9-4-7(13)12-5-2-1-3-6(8(5)10)14-15-11/h1-3H,4H2,(H,12,13). The SMILES string of the molecule is O=C(CBr)Nc1cccc(OSF)c1F. The van der Waals surface area contributed by atoms with Crippen LogP contribution in [0.4, 0.5) is 14.0 Å². The molecule has 7 heteroatoms. The molecule has 0 bridgehead atoms. The van der Waals surface area contributed by atoms with Crippen molar-refractivity contribution < 1.29 is 17.3 Å². The maximum Gasteiger partial charge on any atom is 0.272 e. The first-order chi connectivity index (χ1) is 7.19. The number of anilines is 1. The Kier molecular flexibility index (Phi) is 4.83. The molecule has 0 unspecified atom stereocenters. The average molecular weight is 298 g/mol. The van der Waals surface area contributed by atoms with Crippen LogP contribution in [0.2, 0.25) is 0 Å². The molecule has 0 spiro atoms. The van der Waals surface area contributed by atoms with Gasteiger partial charge in [-0.15, -0.1) is 3.89 Å². The molecule has 1 rings (SSSR count). The fraction of sp³-hybridized carbons (Fsp3) is 0.125. The molecular formula is C8H6BrF2NO2S. The Morgan fingerprint density at radius 1 is 1.60 bits per heavy atom. The second kappa shape index (κ2) is 5.92. The number of hydrogen-bond donors (Lipinski definition) is 1. The second-order valence-electron chi connectivity index (χ2n) is 2.45. The van der Waals surface area contributed by atoms with Gasteiger partial charge >= 0.3 is 0 Å². The zero-order valence-corrected chi connectivity index (χ0v) is 9.70. The van der Waals surface area contributed by atoms with Gasteiger partial charge in [0.1, 0.15) is 0 Å². The molecule has 0 aromatic heterocycles. The Labute approximate surface area is 97.8 Å². The molecule has 0 radical (unpaired) electrons. The Balaban J connectivity index is 2.88. The quantitative estimate of drug-likeness (QED) is 0.686. The van der Waals surface area contributed by atoms with Gasteiger partial charge in [-0.05, 0) is 12.1 Å². The maximum atomic E-state index is 13.4. The number of rotatable bonds is 4. The zero-order chi connectivity index (χ0) is 11.3. The van der Waals surface area contributed by atoms with Gasteiger partial charge in [0.2, 0.25) is 5.91 Å². The number of halogens is 3. The number of amides is 1. The number of nitrogens with one attached hydrogen (secondary N) is 1. The van der Waals surface area contributed by atoms with E-state index >= 15 is 0 Å². The van der Waals surface area contributed by atoms with E-state index in [0.29, 0.717) is 0 Å². The minimum Gasteiger partial charge on any atom is -0.394 e. The lowest BCUT2D eigenvalue weighted by Crippen LogP contribution is -2.13. The number of hydrogen-bond acceptors (Lipinski definition) is 3. The van der Waals surface area contributed by atoms with E-state index in [1.54, 1.807) is 0 Å². The van der Waals surface area contributed by atoms with Crippen LogP contribution in [0.5, 0.6) is 5.75 Å². The van der Waals surface area contributed by atoms with E-state index in [1.165, 1.54) is 18.2 Å². The Hall–Kier alpha value is -0.820. The maximum absolute atomic E-state index is 13.4. The normalized spacial score (nSPS) is 9.80. The van der Waals surface area contributed by atoms with Gasteiger partial charge in [-0.2, -0.15) is 0 Å². The van der Waals surface area contributed by atoms with Crippen LogP contribution in [0.25, 0.3) is 0 Å². The van der Waals surface area contributed by atoms with Crippen molar-refractivity contribution in [2.45, 2.75) is 0 Å². The van der Waals surface area contributed by atoms with Crippen LogP contribution >= 0.6 is 28.4 Å². The van der Waals surface area contributed by atoms with E-state index in [0.717, 1.165) is 0 Å².